The Labute approximate surface area is 156 Å². The Bertz CT molecular complexity index is 1050. The summed E-state index contributed by atoms with van der Waals surface area (Å²) in [7, 11) is 0. The number of hydrogen-bond acceptors (Lipinski definition) is 6. The van der Waals surface area contributed by atoms with E-state index in [9.17, 15) is 4.79 Å². The molecule has 0 bridgehead atoms. The van der Waals surface area contributed by atoms with Gasteiger partial charge in [0.1, 0.15) is 17.8 Å². The average Bonchev–Trinajstić information content (AvgIpc) is 3.05. The van der Waals surface area contributed by atoms with Gasteiger partial charge in [0.25, 0.3) is 0 Å². The predicted molar refractivity (Wildman–Crippen MR) is 103 cm³/mol. The summed E-state index contributed by atoms with van der Waals surface area (Å²) in [6, 6.07) is 7.59. The van der Waals surface area contributed by atoms with Gasteiger partial charge in [0.15, 0.2) is 5.65 Å². The monoisotopic (exact) mass is 361 g/mol. The second-order valence-electron chi connectivity index (χ2n) is 6.31. The van der Waals surface area contributed by atoms with Gasteiger partial charge in [0.2, 0.25) is 5.95 Å². The fourth-order valence-corrected chi connectivity index (χ4v) is 3.49. The summed E-state index contributed by atoms with van der Waals surface area (Å²) in [6.45, 7) is 7.74. The first kappa shape index (κ1) is 17.1. The molecule has 0 spiro atoms. The molecule has 27 heavy (non-hydrogen) atoms. The van der Waals surface area contributed by atoms with E-state index in [0.717, 1.165) is 16.6 Å². The van der Waals surface area contributed by atoms with E-state index in [1.807, 2.05) is 35.8 Å². The van der Waals surface area contributed by atoms with Crippen LogP contribution in [0.3, 0.4) is 0 Å². The zero-order valence-electron chi connectivity index (χ0n) is 15.2. The van der Waals surface area contributed by atoms with Gasteiger partial charge < -0.3 is 4.74 Å². The quantitative estimate of drug-likeness (QED) is 0.666. The standard InChI is InChI=1S/C20H19N5O2/c1-4-13-6-8-14(9-7-13)17-16(19(26)27-5-2)12(3)23-20-24-18-15(25(17)20)10-21-11-22-18/h4,6-11,16-17H,1,5H2,2-3H3. The van der Waals surface area contributed by atoms with Crippen LogP contribution in [-0.2, 0) is 9.53 Å². The summed E-state index contributed by atoms with van der Waals surface area (Å²) in [5.41, 5.74) is 3.91. The average molecular weight is 361 g/mol. The molecule has 1 aliphatic heterocycles. The van der Waals surface area contributed by atoms with E-state index >= 15 is 0 Å². The fraction of sp³-hybridized carbons (Fsp3) is 0.250. The van der Waals surface area contributed by atoms with Gasteiger partial charge in [-0.15, -0.1) is 0 Å². The Balaban J connectivity index is 1.95. The van der Waals surface area contributed by atoms with E-state index in [1.165, 1.54) is 6.33 Å². The number of rotatable bonds is 4. The third-order valence-corrected chi connectivity index (χ3v) is 4.73. The maximum atomic E-state index is 12.8. The molecule has 0 saturated carbocycles. The Morgan fingerprint density at radius 1 is 1.33 bits per heavy atom. The molecule has 0 saturated heterocycles. The van der Waals surface area contributed by atoms with Crippen LogP contribution in [0.15, 0.2) is 48.4 Å². The second kappa shape index (κ2) is 6.75. The number of benzene rings is 1. The molecule has 0 aliphatic carbocycles. The molecule has 3 aromatic rings. The number of hydrogen-bond donors (Lipinski definition) is 0. The van der Waals surface area contributed by atoms with E-state index < -0.39 is 5.92 Å². The predicted octanol–water partition coefficient (Wildman–Crippen LogP) is 3.34. The number of carbonyl (C=O) groups is 1. The molecular weight excluding hydrogens is 342 g/mol. The van der Waals surface area contributed by atoms with E-state index in [0.29, 0.717) is 23.9 Å². The highest BCUT2D eigenvalue weighted by molar-refractivity contribution is 6.04. The maximum absolute atomic E-state index is 12.8. The van der Waals surface area contributed by atoms with Crippen molar-refractivity contribution in [1.29, 1.82) is 0 Å². The summed E-state index contributed by atoms with van der Waals surface area (Å²) >= 11 is 0. The van der Waals surface area contributed by atoms with Gasteiger partial charge in [-0.25, -0.2) is 15.0 Å². The van der Waals surface area contributed by atoms with Crippen molar-refractivity contribution in [2.75, 3.05) is 6.61 Å². The second-order valence-corrected chi connectivity index (χ2v) is 6.31. The number of aromatic nitrogens is 4. The molecule has 7 nitrogen and oxygen atoms in total. The summed E-state index contributed by atoms with van der Waals surface area (Å²) in [5.74, 6) is -0.341. The van der Waals surface area contributed by atoms with Crippen LogP contribution in [0.2, 0.25) is 0 Å². The SMILES string of the molecule is C=Cc1ccc(C2C(C(=O)OCC)C(C)=Nc3nc4ncncc4n32)cc1. The van der Waals surface area contributed by atoms with Crippen LogP contribution in [0.4, 0.5) is 5.95 Å². The highest BCUT2D eigenvalue weighted by Gasteiger charge is 2.40. The van der Waals surface area contributed by atoms with Crippen molar-refractivity contribution in [2.24, 2.45) is 10.9 Å². The molecular formula is C20H19N5O2. The number of carbonyl (C=O) groups excluding carboxylic acids is 1. The van der Waals surface area contributed by atoms with E-state index in [4.69, 9.17) is 4.74 Å². The topological polar surface area (TPSA) is 82.3 Å². The number of ether oxygens (including phenoxy) is 1. The summed E-state index contributed by atoms with van der Waals surface area (Å²) < 4.78 is 7.27. The van der Waals surface area contributed by atoms with Crippen LogP contribution in [0.1, 0.15) is 31.0 Å². The van der Waals surface area contributed by atoms with Crippen molar-refractivity contribution < 1.29 is 9.53 Å². The Morgan fingerprint density at radius 3 is 2.81 bits per heavy atom. The molecule has 4 rings (SSSR count). The lowest BCUT2D eigenvalue weighted by molar-refractivity contribution is -0.146. The van der Waals surface area contributed by atoms with Gasteiger partial charge in [0, 0.05) is 5.71 Å². The summed E-state index contributed by atoms with van der Waals surface area (Å²) in [5, 5.41) is 0. The van der Waals surface area contributed by atoms with Gasteiger partial charge >= 0.3 is 5.97 Å². The minimum atomic E-state index is -0.551. The number of fused-ring (bicyclic) bond motifs is 3. The number of nitrogens with zero attached hydrogens (tertiary/aromatic N) is 5. The Kier molecular flexibility index (Phi) is 4.27. The number of imidazole rings is 1. The smallest absolute Gasteiger partial charge is 0.317 e. The zero-order chi connectivity index (χ0) is 19.0. The normalized spacial score (nSPS) is 18.7. The molecule has 0 amide bonds. The summed E-state index contributed by atoms with van der Waals surface area (Å²) in [6.07, 6.45) is 4.93. The maximum Gasteiger partial charge on any atom is 0.317 e. The first-order valence-electron chi connectivity index (χ1n) is 8.76. The van der Waals surface area contributed by atoms with Gasteiger partial charge in [-0.2, -0.15) is 4.98 Å². The summed E-state index contributed by atoms with van der Waals surface area (Å²) in [4.78, 5) is 30.2. The van der Waals surface area contributed by atoms with Crippen molar-refractivity contribution >= 4 is 34.9 Å². The van der Waals surface area contributed by atoms with Gasteiger partial charge in [-0.3, -0.25) is 9.36 Å². The number of aliphatic imine (C=N–C) groups is 1. The minimum absolute atomic E-state index is 0.305. The van der Waals surface area contributed by atoms with Crippen molar-refractivity contribution in [3.63, 3.8) is 0 Å². The van der Waals surface area contributed by atoms with Crippen molar-refractivity contribution in [2.45, 2.75) is 19.9 Å². The van der Waals surface area contributed by atoms with Crippen LogP contribution < -0.4 is 0 Å². The molecule has 0 radical (unpaired) electrons. The lowest BCUT2D eigenvalue weighted by Gasteiger charge is -2.31. The lowest BCUT2D eigenvalue weighted by Crippen LogP contribution is -2.36. The van der Waals surface area contributed by atoms with Crippen LogP contribution in [0, 0.1) is 5.92 Å². The molecule has 3 heterocycles. The third kappa shape index (κ3) is 2.81. The lowest BCUT2D eigenvalue weighted by atomic mass is 9.87. The van der Waals surface area contributed by atoms with Crippen molar-refractivity contribution in [3.05, 3.63) is 54.5 Å². The third-order valence-electron chi connectivity index (χ3n) is 4.73. The van der Waals surface area contributed by atoms with E-state index in [1.54, 1.807) is 19.2 Å². The van der Waals surface area contributed by atoms with Gasteiger partial charge in [0.05, 0.1) is 18.8 Å². The molecule has 7 heteroatoms. The Morgan fingerprint density at radius 2 is 2.11 bits per heavy atom. The highest BCUT2D eigenvalue weighted by Crippen LogP contribution is 2.39. The molecule has 0 N–H and O–H groups in total. The first-order chi connectivity index (χ1) is 13.1. The largest absolute Gasteiger partial charge is 0.465 e. The molecule has 1 aliphatic rings. The molecule has 2 aromatic heterocycles. The van der Waals surface area contributed by atoms with Gasteiger partial charge in [-0.05, 0) is 25.0 Å². The molecule has 1 aromatic carbocycles. The molecule has 2 unspecified atom stereocenters. The zero-order valence-corrected chi connectivity index (χ0v) is 15.2. The fourth-order valence-electron chi connectivity index (χ4n) is 3.49. The van der Waals surface area contributed by atoms with E-state index in [2.05, 4.69) is 26.5 Å². The molecule has 136 valence electrons. The van der Waals surface area contributed by atoms with Gasteiger partial charge in [-0.1, -0.05) is 36.9 Å². The molecule has 0 fully saturated rings. The van der Waals surface area contributed by atoms with Crippen LogP contribution in [0.5, 0.6) is 0 Å². The van der Waals surface area contributed by atoms with Crippen molar-refractivity contribution in [3.8, 4) is 0 Å². The van der Waals surface area contributed by atoms with Crippen LogP contribution >= 0.6 is 0 Å². The van der Waals surface area contributed by atoms with Crippen molar-refractivity contribution in [1.82, 2.24) is 19.5 Å². The highest BCUT2D eigenvalue weighted by atomic mass is 16.5. The van der Waals surface area contributed by atoms with Crippen LogP contribution in [0.25, 0.3) is 17.2 Å². The van der Waals surface area contributed by atoms with Crippen LogP contribution in [-0.4, -0.2) is 37.8 Å². The molecule has 2 atom stereocenters. The minimum Gasteiger partial charge on any atom is -0.465 e. The Hall–Kier alpha value is -3.35. The number of esters is 1. The first-order valence-corrected chi connectivity index (χ1v) is 8.76. The van der Waals surface area contributed by atoms with E-state index in [-0.39, 0.29) is 12.0 Å².